The van der Waals surface area contributed by atoms with Crippen molar-refractivity contribution in [3.8, 4) is 11.1 Å². The molecule has 1 atom stereocenters. The molecular weight excluding hydrogens is 576 g/mol. The van der Waals surface area contributed by atoms with Crippen molar-refractivity contribution in [2.75, 3.05) is 6.61 Å². The van der Waals surface area contributed by atoms with Gasteiger partial charge >= 0.3 is 12.1 Å². The van der Waals surface area contributed by atoms with E-state index in [1.54, 1.807) is 0 Å². The number of fused-ring (bicyclic) bond motifs is 3. The predicted octanol–water partition coefficient (Wildman–Crippen LogP) is 6.95. The number of benzene rings is 5. The van der Waals surface area contributed by atoms with E-state index in [2.05, 4.69) is 12.1 Å². The number of carbonyl (C=O) groups excluding carboxylic acids is 2. The standard InChI is InChI=1S/C39H34N2O5/c40-36(42)25-24-35(37(43)44)41(38(45)46-26-34-32-22-12-10-20-30(32)31-21-11-13-23-33(31)34)39(27-14-4-1-5-15-27,28-16-6-2-7-17-28)29-18-8-3-9-19-29/h1-23,34-35H,24-26H2,(H2,40,42)(H,43,44)/t35-/m1/s1. The average Bonchev–Trinajstić information content (AvgIpc) is 3.41. The molecule has 6 rings (SSSR count). The Balaban J connectivity index is 1.53. The third kappa shape index (κ3) is 5.52. The summed E-state index contributed by atoms with van der Waals surface area (Å²) in [5.74, 6) is -2.18. The van der Waals surface area contributed by atoms with Crippen LogP contribution < -0.4 is 5.73 Å². The van der Waals surface area contributed by atoms with Gasteiger partial charge in [-0.3, -0.25) is 9.69 Å². The minimum atomic E-state index is -1.47. The highest BCUT2D eigenvalue weighted by Gasteiger charge is 2.51. The van der Waals surface area contributed by atoms with Crippen LogP contribution >= 0.6 is 0 Å². The van der Waals surface area contributed by atoms with Crippen LogP contribution in [0.1, 0.15) is 46.6 Å². The summed E-state index contributed by atoms with van der Waals surface area (Å²) >= 11 is 0. The lowest BCUT2D eigenvalue weighted by Gasteiger charge is -2.47. The molecule has 2 amide bonds. The molecule has 7 nitrogen and oxygen atoms in total. The Hall–Kier alpha value is -5.69. The number of carbonyl (C=O) groups is 3. The number of amides is 2. The van der Waals surface area contributed by atoms with Gasteiger partial charge in [-0.1, -0.05) is 140 Å². The second kappa shape index (κ2) is 13.1. The first-order valence-corrected chi connectivity index (χ1v) is 15.2. The third-order valence-corrected chi connectivity index (χ3v) is 8.73. The van der Waals surface area contributed by atoms with Gasteiger partial charge in [0.25, 0.3) is 0 Å². The van der Waals surface area contributed by atoms with Crippen LogP contribution in [0.15, 0.2) is 140 Å². The van der Waals surface area contributed by atoms with Crippen molar-refractivity contribution in [3.05, 3.63) is 167 Å². The van der Waals surface area contributed by atoms with Gasteiger partial charge < -0.3 is 15.6 Å². The van der Waals surface area contributed by atoms with Crippen LogP contribution in [-0.2, 0) is 19.9 Å². The summed E-state index contributed by atoms with van der Waals surface area (Å²) in [6, 6.07) is 42.5. The fraction of sp³-hybridized carbons (Fsp3) is 0.154. The molecule has 5 aromatic rings. The molecule has 0 heterocycles. The molecule has 0 fully saturated rings. The average molecular weight is 611 g/mol. The summed E-state index contributed by atoms with van der Waals surface area (Å²) in [5, 5.41) is 10.7. The molecule has 0 aromatic heterocycles. The molecule has 7 heteroatoms. The maximum Gasteiger partial charge on any atom is 0.411 e. The Morgan fingerprint density at radius 3 is 1.50 bits per heavy atom. The smallest absolute Gasteiger partial charge is 0.411 e. The molecule has 1 aliphatic carbocycles. The van der Waals surface area contributed by atoms with Crippen molar-refractivity contribution >= 4 is 18.0 Å². The van der Waals surface area contributed by atoms with Gasteiger partial charge in [-0.05, 0) is 45.4 Å². The lowest BCUT2D eigenvalue weighted by molar-refractivity contribution is -0.144. The van der Waals surface area contributed by atoms with Crippen molar-refractivity contribution in [1.82, 2.24) is 4.90 Å². The second-order valence-electron chi connectivity index (χ2n) is 11.3. The largest absolute Gasteiger partial charge is 0.480 e. The molecule has 1 aliphatic rings. The lowest BCUT2D eigenvalue weighted by Crippen LogP contribution is -2.58. The van der Waals surface area contributed by atoms with Gasteiger partial charge in [0.2, 0.25) is 5.91 Å². The van der Waals surface area contributed by atoms with E-state index in [0.29, 0.717) is 16.7 Å². The first kappa shape index (κ1) is 30.3. The van der Waals surface area contributed by atoms with E-state index in [9.17, 15) is 19.5 Å². The van der Waals surface area contributed by atoms with E-state index < -0.39 is 29.6 Å². The Labute approximate surface area is 267 Å². The molecule has 230 valence electrons. The van der Waals surface area contributed by atoms with Gasteiger partial charge in [-0.2, -0.15) is 0 Å². The molecular formula is C39H34N2O5. The van der Waals surface area contributed by atoms with Crippen molar-refractivity contribution < 1.29 is 24.2 Å². The first-order valence-electron chi connectivity index (χ1n) is 15.2. The summed E-state index contributed by atoms with van der Waals surface area (Å²) in [6.07, 6.45) is -1.27. The van der Waals surface area contributed by atoms with Crippen molar-refractivity contribution in [1.29, 1.82) is 0 Å². The van der Waals surface area contributed by atoms with Crippen LogP contribution in [0, 0.1) is 0 Å². The molecule has 3 N–H and O–H groups in total. The SMILES string of the molecule is NC(=O)CC[C@H](C(=O)O)N(C(=O)OCC1c2ccccc2-c2ccccc21)C(c1ccccc1)(c1ccccc1)c1ccccc1. The van der Waals surface area contributed by atoms with Crippen LogP contribution in [0.3, 0.4) is 0 Å². The van der Waals surface area contributed by atoms with E-state index >= 15 is 0 Å². The highest BCUT2D eigenvalue weighted by atomic mass is 16.6. The highest BCUT2D eigenvalue weighted by molar-refractivity contribution is 5.84. The Kier molecular flexibility index (Phi) is 8.65. The van der Waals surface area contributed by atoms with Gasteiger partial charge in [-0.25, -0.2) is 9.59 Å². The van der Waals surface area contributed by atoms with Gasteiger partial charge in [0.05, 0.1) is 0 Å². The number of hydrogen-bond donors (Lipinski definition) is 2. The van der Waals surface area contributed by atoms with Gasteiger partial charge in [-0.15, -0.1) is 0 Å². The van der Waals surface area contributed by atoms with E-state index in [0.717, 1.165) is 22.3 Å². The summed E-state index contributed by atoms with van der Waals surface area (Å²) in [5.41, 5.74) is 10.3. The number of primary amides is 1. The second-order valence-corrected chi connectivity index (χ2v) is 11.3. The summed E-state index contributed by atoms with van der Waals surface area (Å²) in [6.45, 7) is -0.0139. The minimum absolute atomic E-state index is 0.0139. The molecule has 0 spiro atoms. The maximum atomic E-state index is 14.8. The summed E-state index contributed by atoms with van der Waals surface area (Å²) < 4.78 is 6.22. The molecule has 0 radical (unpaired) electrons. The lowest BCUT2D eigenvalue weighted by atomic mass is 9.74. The number of nitrogens with zero attached hydrogens (tertiary/aromatic N) is 1. The van der Waals surface area contributed by atoms with E-state index in [1.807, 2.05) is 127 Å². The van der Waals surface area contributed by atoms with Crippen molar-refractivity contribution in [2.45, 2.75) is 30.3 Å². The first-order chi connectivity index (χ1) is 22.4. The number of carboxylic acids is 1. The summed E-state index contributed by atoms with van der Waals surface area (Å²) in [4.78, 5) is 41.3. The molecule has 0 saturated heterocycles. The Bertz CT molecular complexity index is 1700. The quantitative estimate of drug-likeness (QED) is 0.157. The topological polar surface area (TPSA) is 110 Å². The predicted molar refractivity (Wildman–Crippen MR) is 176 cm³/mol. The number of rotatable bonds is 11. The molecule has 5 aromatic carbocycles. The highest BCUT2D eigenvalue weighted by Crippen LogP contribution is 2.47. The van der Waals surface area contributed by atoms with E-state index in [1.165, 1.54) is 4.90 Å². The molecule has 0 bridgehead atoms. The molecule has 0 aliphatic heterocycles. The van der Waals surface area contributed by atoms with Gasteiger partial charge in [0.1, 0.15) is 18.2 Å². The normalized spacial score (nSPS) is 12.9. The monoisotopic (exact) mass is 610 g/mol. The van der Waals surface area contributed by atoms with Gasteiger partial charge in [0, 0.05) is 12.3 Å². The maximum absolute atomic E-state index is 14.8. The van der Waals surface area contributed by atoms with Gasteiger partial charge in [0.15, 0.2) is 0 Å². The zero-order valence-corrected chi connectivity index (χ0v) is 25.2. The summed E-state index contributed by atoms with van der Waals surface area (Å²) in [7, 11) is 0. The minimum Gasteiger partial charge on any atom is -0.480 e. The van der Waals surface area contributed by atoms with Crippen LogP contribution in [-0.4, -0.2) is 40.6 Å². The number of carboxylic acid groups (broad SMARTS) is 1. The zero-order chi connectivity index (χ0) is 32.1. The fourth-order valence-corrected chi connectivity index (χ4v) is 6.76. The zero-order valence-electron chi connectivity index (χ0n) is 25.2. The number of aliphatic carboxylic acids is 1. The van der Waals surface area contributed by atoms with E-state index in [4.69, 9.17) is 10.5 Å². The molecule has 46 heavy (non-hydrogen) atoms. The van der Waals surface area contributed by atoms with Crippen LogP contribution in [0.4, 0.5) is 4.79 Å². The van der Waals surface area contributed by atoms with Crippen LogP contribution in [0.5, 0.6) is 0 Å². The van der Waals surface area contributed by atoms with Crippen molar-refractivity contribution in [2.24, 2.45) is 5.73 Å². The Morgan fingerprint density at radius 1 is 0.674 bits per heavy atom. The van der Waals surface area contributed by atoms with Crippen LogP contribution in [0.2, 0.25) is 0 Å². The molecule has 0 unspecified atom stereocenters. The fourth-order valence-electron chi connectivity index (χ4n) is 6.76. The van der Waals surface area contributed by atoms with E-state index in [-0.39, 0.29) is 25.4 Å². The molecule has 0 saturated carbocycles. The van der Waals surface area contributed by atoms with Crippen molar-refractivity contribution in [3.63, 3.8) is 0 Å². The third-order valence-electron chi connectivity index (χ3n) is 8.73. The number of ether oxygens (including phenoxy) is 1. The Morgan fingerprint density at radius 2 is 1.09 bits per heavy atom. The number of nitrogens with two attached hydrogens (primary N) is 1. The van der Waals surface area contributed by atoms with Crippen LogP contribution in [0.25, 0.3) is 11.1 Å². The number of hydrogen-bond acceptors (Lipinski definition) is 4.